The summed E-state index contributed by atoms with van der Waals surface area (Å²) < 4.78 is 26.2. The van der Waals surface area contributed by atoms with E-state index >= 15 is 0 Å². The number of nitrogens with one attached hydrogen (secondary N) is 3. The number of benzene rings is 3. The molecule has 204 valence electrons. The largest absolute Gasteiger partial charge is 0.354 e. The van der Waals surface area contributed by atoms with Crippen LogP contribution in [0.1, 0.15) is 28.4 Å². The van der Waals surface area contributed by atoms with Gasteiger partial charge in [0.15, 0.2) is 0 Å². The highest BCUT2D eigenvalue weighted by molar-refractivity contribution is 7.92. The Labute approximate surface area is 229 Å². The average Bonchev–Trinajstić information content (AvgIpc) is 3.22. The lowest BCUT2D eigenvalue weighted by Crippen LogP contribution is -2.35. The van der Waals surface area contributed by atoms with Gasteiger partial charge in [-0.2, -0.15) is 0 Å². The van der Waals surface area contributed by atoms with Crippen molar-refractivity contribution in [3.05, 3.63) is 89.5 Å². The molecule has 3 aromatic rings. The summed E-state index contributed by atoms with van der Waals surface area (Å²) in [5, 5.41) is 9.05. The van der Waals surface area contributed by atoms with Gasteiger partial charge in [-0.05, 0) is 63.0 Å². The minimum atomic E-state index is -3.46. The maximum absolute atomic E-state index is 13.2. The first-order valence-electron chi connectivity index (χ1n) is 12.6. The quantitative estimate of drug-likeness (QED) is 0.334. The fraction of sp³-hybridized carbons (Fsp3) is 0.241. The fourth-order valence-electron chi connectivity index (χ4n) is 4.34. The molecular weight excluding hydrogens is 514 g/mol. The molecule has 0 fully saturated rings. The molecule has 2 amide bonds. The van der Waals surface area contributed by atoms with Gasteiger partial charge in [0, 0.05) is 42.1 Å². The maximum Gasteiger partial charge on any atom is 0.258 e. The lowest BCUT2D eigenvalue weighted by atomic mass is 9.99. The Balaban J connectivity index is 1.72. The fourth-order valence-corrected chi connectivity index (χ4v) is 5.26. The van der Waals surface area contributed by atoms with Crippen LogP contribution in [0.25, 0.3) is 11.3 Å². The highest BCUT2D eigenvalue weighted by Gasteiger charge is 2.29. The van der Waals surface area contributed by atoms with Crippen LogP contribution in [0.3, 0.4) is 0 Å². The van der Waals surface area contributed by atoms with Crippen LogP contribution in [-0.4, -0.2) is 65.1 Å². The van der Waals surface area contributed by atoms with Crippen LogP contribution >= 0.6 is 0 Å². The van der Waals surface area contributed by atoms with Crippen molar-refractivity contribution in [3.8, 4) is 0 Å². The van der Waals surface area contributed by atoms with Crippen LogP contribution in [0.5, 0.6) is 0 Å². The summed E-state index contributed by atoms with van der Waals surface area (Å²) in [7, 11) is 0.322. The van der Waals surface area contributed by atoms with Gasteiger partial charge in [-0.1, -0.05) is 36.4 Å². The number of sulfonamides is 1. The standard InChI is InChI=1S/C29H33N5O4S/c1-5-30-28(35)21-11-16-24-25(19-21)32-29(36)26(24)27(20-9-7-6-8-10-20)31-22-12-14-23(15-13-22)34(39(4,37)38)18-17-33(2)3/h6-16,19,31H,5,17-18H2,1-4H3,(H,30,35)(H,32,36)/b27-26-. The summed E-state index contributed by atoms with van der Waals surface area (Å²) in [5.74, 6) is -0.491. The molecule has 0 radical (unpaired) electrons. The van der Waals surface area contributed by atoms with E-state index in [0.717, 1.165) is 5.56 Å². The molecule has 9 nitrogen and oxygen atoms in total. The average molecular weight is 548 g/mol. The van der Waals surface area contributed by atoms with E-state index in [9.17, 15) is 18.0 Å². The van der Waals surface area contributed by atoms with Crippen molar-refractivity contribution in [2.75, 3.05) is 54.9 Å². The number of amides is 2. The summed E-state index contributed by atoms with van der Waals surface area (Å²) in [5.41, 5.74) is 4.80. The number of carbonyl (C=O) groups is 2. The van der Waals surface area contributed by atoms with Crippen molar-refractivity contribution in [2.24, 2.45) is 0 Å². The first-order valence-corrected chi connectivity index (χ1v) is 14.5. The first kappa shape index (κ1) is 27.9. The summed E-state index contributed by atoms with van der Waals surface area (Å²) in [6.07, 6.45) is 1.19. The van der Waals surface area contributed by atoms with E-state index in [2.05, 4.69) is 16.0 Å². The Hall–Kier alpha value is -4.15. The summed E-state index contributed by atoms with van der Waals surface area (Å²) in [4.78, 5) is 27.5. The summed E-state index contributed by atoms with van der Waals surface area (Å²) >= 11 is 0. The molecule has 0 aliphatic carbocycles. The highest BCUT2D eigenvalue weighted by Crippen LogP contribution is 2.38. The van der Waals surface area contributed by atoms with Crippen molar-refractivity contribution < 1.29 is 18.0 Å². The molecule has 1 aliphatic heterocycles. The summed E-state index contributed by atoms with van der Waals surface area (Å²) in [6, 6.07) is 21.7. The first-order chi connectivity index (χ1) is 18.6. The molecule has 4 rings (SSSR count). The summed E-state index contributed by atoms with van der Waals surface area (Å²) in [6.45, 7) is 3.26. The third-order valence-electron chi connectivity index (χ3n) is 6.25. The third kappa shape index (κ3) is 6.47. The second-order valence-corrected chi connectivity index (χ2v) is 11.4. The van der Waals surface area contributed by atoms with Gasteiger partial charge in [0.05, 0.1) is 23.2 Å². The number of carbonyl (C=O) groups excluding carboxylic acids is 2. The van der Waals surface area contributed by atoms with E-state index in [0.29, 0.717) is 59.1 Å². The van der Waals surface area contributed by atoms with Crippen LogP contribution < -0.4 is 20.3 Å². The number of anilines is 3. The van der Waals surface area contributed by atoms with Gasteiger partial charge < -0.3 is 20.9 Å². The number of likely N-dealkylation sites (N-methyl/N-ethyl adjacent to an activating group) is 1. The van der Waals surface area contributed by atoms with Crippen molar-refractivity contribution in [3.63, 3.8) is 0 Å². The third-order valence-corrected chi connectivity index (χ3v) is 7.45. The van der Waals surface area contributed by atoms with Crippen molar-refractivity contribution >= 4 is 50.2 Å². The zero-order valence-corrected chi connectivity index (χ0v) is 23.3. The number of hydrogen-bond acceptors (Lipinski definition) is 6. The Morgan fingerprint density at radius 3 is 2.23 bits per heavy atom. The smallest absolute Gasteiger partial charge is 0.258 e. The zero-order chi connectivity index (χ0) is 28.2. The number of nitrogens with zero attached hydrogens (tertiary/aromatic N) is 2. The Morgan fingerprint density at radius 1 is 0.923 bits per heavy atom. The van der Waals surface area contributed by atoms with Crippen LogP contribution in [0, 0.1) is 0 Å². The normalized spacial score (nSPS) is 14.0. The topological polar surface area (TPSA) is 111 Å². The monoisotopic (exact) mass is 547 g/mol. The molecule has 0 bridgehead atoms. The second kappa shape index (κ2) is 11.7. The molecule has 3 aromatic carbocycles. The van der Waals surface area contributed by atoms with Crippen LogP contribution in [-0.2, 0) is 14.8 Å². The predicted molar refractivity (Wildman–Crippen MR) is 157 cm³/mol. The van der Waals surface area contributed by atoms with Gasteiger partial charge in [0.2, 0.25) is 10.0 Å². The molecule has 1 heterocycles. The predicted octanol–water partition coefficient (Wildman–Crippen LogP) is 3.70. The van der Waals surface area contributed by atoms with Gasteiger partial charge in [0.1, 0.15) is 0 Å². The zero-order valence-electron chi connectivity index (χ0n) is 22.5. The van der Waals surface area contributed by atoms with Gasteiger partial charge >= 0.3 is 0 Å². The van der Waals surface area contributed by atoms with Crippen LogP contribution in [0.2, 0.25) is 0 Å². The lowest BCUT2D eigenvalue weighted by molar-refractivity contribution is -0.110. The molecule has 39 heavy (non-hydrogen) atoms. The maximum atomic E-state index is 13.2. The Bertz CT molecular complexity index is 1500. The molecular formula is C29H33N5O4S. The Morgan fingerprint density at radius 2 is 1.62 bits per heavy atom. The van der Waals surface area contributed by atoms with E-state index in [1.54, 1.807) is 42.5 Å². The Kier molecular flexibility index (Phi) is 8.37. The van der Waals surface area contributed by atoms with Crippen molar-refractivity contribution in [1.82, 2.24) is 10.2 Å². The van der Waals surface area contributed by atoms with Crippen LogP contribution in [0.4, 0.5) is 17.1 Å². The van der Waals surface area contributed by atoms with Gasteiger partial charge in [-0.15, -0.1) is 0 Å². The van der Waals surface area contributed by atoms with Gasteiger partial charge in [-0.3, -0.25) is 13.9 Å². The second-order valence-electron chi connectivity index (χ2n) is 9.50. The van der Waals surface area contributed by atoms with E-state index in [1.165, 1.54) is 10.6 Å². The van der Waals surface area contributed by atoms with E-state index in [1.807, 2.05) is 56.3 Å². The van der Waals surface area contributed by atoms with Crippen molar-refractivity contribution in [2.45, 2.75) is 6.92 Å². The molecule has 0 aromatic heterocycles. The SMILES string of the molecule is CCNC(=O)c1ccc2c(c1)NC(=O)/C2=C(\Nc1ccc(N(CCN(C)C)S(C)(=O)=O)cc1)c1ccccc1. The van der Waals surface area contributed by atoms with E-state index in [4.69, 9.17) is 0 Å². The minimum Gasteiger partial charge on any atom is -0.354 e. The highest BCUT2D eigenvalue weighted by atomic mass is 32.2. The molecule has 1 aliphatic rings. The number of hydrogen-bond donors (Lipinski definition) is 3. The van der Waals surface area contributed by atoms with Crippen LogP contribution in [0.15, 0.2) is 72.8 Å². The molecule has 0 atom stereocenters. The lowest BCUT2D eigenvalue weighted by Gasteiger charge is -2.24. The molecule has 0 saturated carbocycles. The minimum absolute atomic E-state index is 0.206. The van der Waals surface area contributed by atoms with Gasteiger partial charge in [-0.25, -0.2) is 8.42 Å². The molecule has 10 heteroatoms. The van der Waals surface area contributed by atoms with E-state index in [-0.39, 0.29) is 11.8 Å². The van der Waals surface area contributed by atoms with Crippen molar-refractivity contribution in [1.29, 1.82) is 0 Å². The molecule has 3 N–H and O–H groups in total. The van der Waals surface area contributed by atoms with Gasteiger partial charge in [0.25, 0.3) is 11.8 Å². The molecule has 0 spiro atoms. The number of fused-ring (bicyclic) bond motifs is 1. The molecule has 0 saturated heterocycles. The van der Waals surface area contributed by atoms with E-state index < -0.39 is 10.0 Å². The molecule has 0 unspecified atom stereocenters. The number of rotatable bonds is 10.